The molecule has 0 saturated heterocycles. The van der Waals surface area contributed by atoms with Gasteiger partial charge in [-0.15, -0.1) is 5.10 Å². The number of esters is 1. The van der Waals surface area contributed by atoms with Crippen molar-refractivity contribution in [2.45, 2.75) is 19.9 Å². The Balaban J connectivity index is 2.35. The lowest BCUT2D eigenvalue weighted by molar-refractivity contribution is -0.144. The molecule has 2 rings (SSSR count). The van der Waals surface area contributed by atoms with Gasteiger partial charge in [0.25, 0.3) is 5.91 Å². The molecule has 8 nitrogen and oxygen atoms in total. The number of hydrogen-bond acceptors (Lipinski definition) is 6. The van der Waals surface area contributed by atoms with Crippen LogP contribution in [-0.4, -0.2) is 45.2 Å². The van der Waals surface area contributed by atoms with Crippen molar-refractivity contribution < 1.29 is 14.3 Å². The molecule has 1 amide bonds. The van der Waals surface area contributed by atoms with Crippen LogP contribution in [0.2, 0.25) is 0 Å². The largest absolute Gasteiger partial charge is 0.467 e. The first-order chi connectivity index (χ1) is 10.9. The first-order valence-electron chi connectivity index (χ1n) is 6.85. The van der Waals surface area contributed by atoms with Crippen molar-refractivity contribution in [3.8, 4) is 5.69 Å². The van der Waals surface area contributed by atoms with E-state index in [4.69, 9.17) is 4.74 Å². The Morgan fingerprint density at radius 3 is 2.65 bits per heavy atom. The monoisotopic (exact) mass is 381 g/mol. The van der Waals surface area contributed by atoms with Crippen LogP contribution < -0.4 is 5.32 Å². The third-order valence-electron chi connectivity index (χ3n) is 3.21. The summed E-state index contributed by atoms with van der Waals surface area (Å²) in [5, 5.41) is 13.6. The highest BCUT2D eigenvalue weighted by atomic mass is 79.9. The van der Waals surface area contributed by atoms with E-state index in [1.54, 1.807) is 18.2 Å². The molecule has 0 aliphatic carbocycles. The molecule has 0 aliphatic heterocycles. The number of rotatable bonds is 5. The second-order valence-electron chi connectivity index (χ2n) is 5.13. The van der Waals surface area contributed by atoms with Crippen molar-refractivity contribution >= 4 is 27.8 Å². The normalized spacial score (nSPS) is 12.0. The SMILES string of the molecule is COC(=O)C(NC(=O)c1cc(Br)ccc1-n1cnnn1)C(C)C. The zero-order valence-electron chi connectivity index (χ0n) is 12.9. The minimum atomic E-state index is -0.742. The summed E-state index contributed by atoms with van der Waals surface area (Å²) < 4.78 is 6.84. The van der Waals surface area contributed by atoms with Gasteiger partial charge >= 0.3 is 5.97 Å². The second kappa shape index (κ2) is 7.32. The van der Waals surface area contributed by atoms with Crippen LogP contribution in [0.5, 0.6) is 0 Å². The summed E-state index contributed by atoms with van der Waals surface area (Å²) >= 11 is 3.33. The minimum Gasteiger partial charge on any atom is -0.467 e. The highest BCUT2D eigenvalue weighted by molar-refractivity contribution is 9.10. The number of methoxy groups -OCH3 is 1. The highest BCUT2D eigenvalue weighted by Gasteiger charge is 2.26. The number of aromatic nitrogens is 4. The van der Waals surface area contributed by atoms with Crippen LogP contribution in [0.25, 0.3) is 5.69 Å². The van der Waals surface area contributed by atoms with Gasteiger partial charge in [0.15, 0.2) is 0 Å². The molecule has 0 aliphatic rings. The Morgan fingerprint density at radius 2 is 2.09 bits per heavy atom. The van der Waals surface area contributed by atoms with Gasteiger partial charge in [-0.25, -0.2) is 4.79 Å². The van der Waals surface area contributed by atoms with E-state index in [1.165, 1.54) is 18.1 Å². The Labute approximate surface area is 141 Å². The fourth-order valence-corrected chi connectivity index (χ4v) is 2.37. The van der Waals surface area contributed by atoms with Crippen molar-refractivity contribution in [2.75, 3.05) is 7.11 Å². The van der Waals surface area contributed by atoms with E-state index >= 15 is 0 Å². The first kappa shape index (κ1) is 17.1. The number of tetrazole rings is 1. The number of nitrogens with zero attached hydrogens (tertiary/aromatic N) is 4. The molecule has 122 valence electrons. The van der Waals surface area contributed by atoms with Crippen LogP contribution in [0.1, 0.15) is 24.2 Å². The van der Waals surface area contributed by atoms with E-state index in [0.717, 1.165) is 4.47 Å². The third kappa shape index (κ3) is 3.92. The molecular weight excluding hydrogens is 366 g/mol. The molecule has 0 spiro atoms. The lowest BCUT2D eigenvalue weighted by Crippen LogP contribution is -2.45. The Morgan fingerprint density at radius 1 is 1.35 bits per heavy atom. The highest BCUT2D eigenvalue weighted by Crippen LogP contribution is 2.20. The molecule has 1 N–H and O–H groups in total. The third-order valence-corrected chi connectivity index (χ3v) is 3.70. The molecule has 23 heavy (non-hydrogen) atoms. The molecule has 0 radical (unpaired) electrons. The lowest BCUT2D eigenvalue weighted by Gasteiger charge is -2.20. The van der Waals surface area contributed by atoms with Crippen LogP contribution >= 0.6 is 15.9 Å². The van der Waals surface area contributed by atoms with Gasteiger partial charge in [0.1, 0.15) is 12.4 Å². The van der Waals surface area contributed by atoms with E-state index in [1.807, 2.05) is 13.8 Å². The van der Waals surface area contributed by atoms with Gasteiger partial charge < -0.3 is 10.1 Å². The zero-order valence-corrected chi connectivity index (χ0v) is 14.4. The predicted molar refractivity (Wildman–Crippen MR) is 85.0 cm³/mol. The number of amides is 1. The summed E-state index contributed by atoms with van der Waals surface area (Å²) in [5.41, 5.74) is 0.837. The molecular formula is C14H16BrN5O3. The average molecular weight is 382 g/mol. The zero-order chi connectivity index (χ0) is 17.0. The van der Waals surface area contributed by atoms with Crippen molar-refractivity contribution in [3.63, 3.8) is 0 Å². The van der Waals surface area contributed by atoms with E-state index in [-0.39, 0.29) is 5.92 Å². The summed E-state index contributed by atoms with van der Waals surface area (Å²) in [6, 6.07) is 4.38. The molecule has 2 aromatic rings. The van der Waals surface area contributed by atoms with Crippen LogP contribution in [0.3, 0.4) is 0 Å². The van der Waals surface area contributed by atoms with Crippen LogP contribution in [0.15, 0.2) is 29.0 Å². The number of hydrogen-bond donors (Lipinski definition) is 1. The summed E-state index contributed by atoms with van der Waals surface area (Å²) in [6.07, 6.45) is 1.39. The summed E-state index contributed by atoms with van der Waals surface area (Å²) in [6.45, 7) is 3.65. The Bertz CT molecular complexity index is 702. The van der Waals surface area contributed by atoms with Crippen molar-refractivity contribution in [3.05, 3.63) is 34.6 Å². The molecule has 1 aromatic heterocycles. The Hall–Kier alpha value is -2.29. The quantitative estimate of drug-likeness (QED) is 0.784. The summed E-state index contributed by atoms with van der Waals surface area (Å²) in [7, 11) is 1.29. The van der Waals surface area contributed by atoms with E-state index in [0.29, 0.717) is 11.3 Å². The van der Waals surface area contributed by atoms with Gasteiger partial charge in [-0.05, 0) is 34.5 Å². The molecule has 0 saturated carbocycles. The van der Waals surface area contributed by atoms with E-state index < -0.39 is 17.9 Å². The number of halogens is 1. The van der Waals surface area contributed by atoms with Crippen molar-refractivity contribution in [1.82, 2.24) is 25.5 Å². The lowest BCUT2D eigenvalue weighted by atomic mass is 10.0. The number of nitrogens with one attached hydrogen (secondary N) is 1. The van der Waals surface area contributed by atoms with Gasteiger partial charge in [-0.1, -0.05) is 29.8 Å². The number of carbonyl (C=O) groups is 2. The van der Waals surface area contributed by atoms with Crippen molar-refractivity contribution in [2.24, 2.45) is 5.92 Å². The Kier molecular flexibility index (Phi) is 5.43. The average Bonchev–Trinajstić information content (AvgIpc) is 3.05. The number of ether oxygens (including phenoxy) is 1. The standard InChI is InChI=1S/C14H16BrN5O3/c1-8(2)12(14(22)23-3)17-13(21)10-6-9(15)4-5-11(10)20-7-16-18-19-20/h4-8,12H,1-3H3,(H,17,21). The molecule has 9 heteroatoms. The van der Waals surface area contributed by atoms with Gasteiger partial charge in [-0.2, -0.15) is 4.68 Å². The summed E-state index contributed by atoms with van der Waals surface area (Å²) in [4.78, 5) is 24.4. The molecule has 1 atom stereocenters. The van der Waals surface area contributed by atoms with Crippen LogP contribution in [0.4, 0.5) is 0 Å². The fraction of sp³-hybridized carbons (Fsp3) is 0.357. The van der Waals surface area contributed by atoms with Gasteiger partial charge in [0, 0.05) is 4.47 Å². The molecule has 1 unspecified atom stereocenters. The van der Waals surface area contributed by atoms with Gasteiger partial charge in [0.2, 0.25) is 0 Å². The molecule has 0 fully saturated rings. The summed E-state index contributed by atoms with van der Waals surface area (Å²) in [5.74, 6) is -1.02. The molecule has 1 heterocycles. The van der Waals surface area contributed by atoms with Crippen LogP contribution in [-0.2, 0) is 9.53 Å². The molecule has 0 bridgehead atoms. The first-order valence-corrected chi connectivity index (χ1v) is 7.65. The van der Waals surface area contributed by atoms with Crippen LogP contribution in [0, 0.1) is 5.92 Å². The number of carbonyl (C=O) groups excluding carboxylic acids is 2. The predicted octanol–water partition coefficient (Wildman–Crippen LogP) is 1.35. The minimum absolute atomic E-state index is 0.116. The van der Waals surface area contributed by atoms with Gasteiger partial charge in [-0.3, -0.25) is 4.79 Å². The van der Waals surface area contributed by atoms with E-state index in [9.17, 15) is 9.59 Å². The molecule has 1 aromatic carbocycles. The fourth-order valence-electron chi connectivity index (χ4n) is 2.01. The van der Waals surface area contributed by atoms with E-state index in [2.05, 4.69) is 36.8 Å². The maximum Gasteiger partial charge on any atom is 0.328 e. The maximum absolute atomic E-state index is 12.6. The smallest absolute Gasteiger partial charge is 0.328 e. The van der Waals surface area contributed by atoms with Gasteiger partial charge in [0.05, 0.1) is 18.4 Å². The number of benzene rings is 1. The van der Waals surface area contributed by atoms with Crippen molar-refractivity contribution in [1.29, 1.82) is 0 Å². The maximum atomic E-state index is 12.6. The second-order valence-corrected chi connectivity index (χ2v) is 6.05. The topological polar surface area (TPSA) is 99.0 Å².